The number of nitrogens with one attached hydrogen (secondary N) is 2. The largest absolute Gasteiger partial charge is 0.462 e. The molecular formula is C14H20N2O4S. The summed E-state index contributed by atoms with van der Waals surface area (Å²) >= 11 is 0. The quantitative estimate of drug-likeness (QED) is 0.789. The fraction of sp³-hybridized carbons (Fsp3) is 0.500. The van der Waals surface area contributed by atoms with Crippen LogP contribution in [0, 0.1) is 0 Å². The van der Waals surface area contributed by atoms with Crippen molar-refractivity contribution in [2.75, 3.05) is 19.7 Å². The lowest BCUT2D eigenvalue weighted by Crippen LogP contribution is -2.42. The third-order valence-corrected chi connectivity index (χ3v) is 4.87. The second kappa shape index (κ2) is 7.02. The van der Waals surface area contributed by atoms with E-state index in [2.05, 4.69) is 10.0 Å². The lowest BCUT2D eigenvalue weighted by atomic mass is 10.1. The Kier molecular flexibility index (Phi) is 5.33. The number of ether oxygens (including phenoxy) is 1. The van der Waals surface area contributed by atoms with E-state index in [1.807, 2.05) is 0 Å². The highest BCUT2D eigenvalue weighted by Gasteiger charge is 2.21. The highest BCUT2D eigenvalue weighted by molar-refractivity contribution is 7.89. The minimum Gasteiger partial charge on any atom is -0.462 e. The minimum atomic E-state index is -3.54. The summed E-state index contributed by atoms with van der Waals surface area (Å²) in [6.07, 6.45) is 1.56. The van der Waals surface area contributed by atoms with Gasteiger partial charge in [0.25, 0.3) is 0 Å². The van der Waals surface area contributed by atoms with Gasteiger partial charge < -0.3 is 10.1 Å². The maximum atomic E-state index is 12.3. The van der Waals surface area contributed by atoms with Crippen LogP contribution in [0.2, 0.25) is 0 Å². The van der Waals surface area contributed by atoms with Crippen LogP contribution in [0.1, 0.15) is 30.1 Å². The third kappa shape index (κ3) is 4.26. The summed E-state index contributed by atoms with van der Waals surface area (Å²) in [5.74, 6) is -0.451. The van der Waals surface area contributed by atoms with Gasteiger partial charge in [-0.2, -0.15) is 0 Å². The number of piperidine rings is 1. The van der Waals surface area contributed by atoms with Gasteiger partial charge in [-0.3, -0.25) is 0 Å². The fourth-order valence-electron chi connectivity index (χ4n) is 2.21. The normalized spacial score (nSPS) is 16.6. The van der Waals surface area contributed by atoms with Gasteiger partial charge in [-0.15, -0.1) is 0 Å². The Labute approximate surface area is 124 Å². The Bertz CT molecular complexity index is 577. The summed E-state index contributed by atoms with van der Waals surface area (Å²) < 4.78 is 32.1. The molecule has 1 aliphatic rings. The first-order valence-electron chi connectivity index (χ1n) is 7.03. The molecule has 1 aromatic rings. The Balaban J connectivity index is 2.07. The first-order chi connectivity index (χ1) is 10.0. The Hall–Kier alpha value is -1.44. The predicted molar refractivity (Wildman–Crippen MR) is 78.6 cm³/mol. The van der Waals surface area contributed by atoms with Crippen LogP contribution in [-0.2, 0) is 14.8 Å². The van der Waals surface area contributed by atoms with E-state index >= 15 is 0 Å². The zero-order chi connectivity index (χ0) is 15.3. The SMILES string of the molecule is CCOC(=O)c1ccc(S(=O)(=O)NC2CCNCC2)cc1. The average Bonchev–Trinajstić information content (AvgIpc) is 2.48. The number of benzene rings is 1. The van der Waals surface area contributed by atoms with E-state index in [0.717, 1.165) is 25.9 Å². The van der Waals surface area contributed by atoms with E-state index in [9.17, 15) is 13.2 Å². The van der Waals surface area contributed by atoms with Crippen LogP contribution >= 0.6 is 0 Å². The molecule has 1 fully saturated rings. The number of rotatable bonds is 5. The molecule has 0 aromatic heterocycles. The lowest BCUT2D eigenvalue weighted by molar-refractivity contribution is 0.0526. The topological polar surface area (TPSA) is 84.5 Å². The molecule has 1 aromatic carbocycles. The molecule has 1 saturated heterocycles. The zero-order valence-electron chi connectivity index (χ0n) is 12.0. The minimum absolute atomic E-state index is 0.0408. The number of carbonyl (C=O) groups is 1. The second-order valence-electron chi connectivity index (χ2n) is 4.89. The van der Waals surface area contributed by atoms with E-state index in [-0.39, 0.29) is 17.5 Å². The van der Waals surface area contributed by atoms with E-state index in [1.54, 1.807) is 6.92 Å². The van der Waals surface area contributed by atoms with Gasteiger partial charge in [-0.1, -0.05) is 0 Å². The maximum Gasteiger partial charge on any atom is 0.338 e. The highest BCUT2D eigenvalue weighted by atomic mass is 32.2. The van der Waals surface area contributed by atoms with Gasteiger partial charge in [0.15, 0.2) is 0 Å². The molecule has 7 heteroatoms. The summed E-state index contributed by atoms with van der Waals surface area (Å²) in [6.45, 7) is 3.64. The van der Waals surface area contributed by atoms with Gasteiger partial charge in [0.05, 0.1) is 17.1 Å². The van der Waals surface area contributed by atoms with Crippen molar-refractivity contribution in [3.63, 3.8) is 0 Å². The van der Waals surface area contributed by atoms with E-state index < -0.39 is 16.0 Å². The summed E-state index contributed by atoms with van der Waals surface area (Å²) in [4.78, 5) is 11.7. The Morgan fingerprint density at radius 1 is 1.29 bits per heavy atom. The van der Waals surface area contributed by atoms with Crippen molar-refractivity contribution in [2.24, 2.45) is 0 Å². The number of hydrogen-bond donors (Lipinski definition) is 2. The van der Waals surface area contributed by atoms with Crippen LogP contribution in [0.15, 0.2) is 29.2 Å². The van der Waals surface area contributed by atoms with Gasteiger partial charge in [-0.05, 0) is 57.1 Å². The van der Waals surface area contributed by atoms with Crippen molar-refractivity contribution in [1.29, 1.82) is 0 Å². The number of hydrogen-bond acceptors (Lipinski definition) is 5. The lowest BCUT2D eigenvalue weighted by Gasteiger charge is -2.23. The van der Waals surface area contributed by atoms with E-state index in [4.69, 9.17) is 4.74 Å². The number of carbonyl (C=O) groups excluding carboxylic acids is 1. The van der Waals surface area contributed by atoms with Gasteiger partial charge in [-0.25, -0.2) is 17.9 Å². The molecule has 0 amide bonds. The summed E-state index contributed by atoms with van der Waals surface area (Å²) in [5, 5.41) is 3.19. The molecule has 0 bridgehead atoms. The molecule has 0 unspecified atom stereocenters. The molecule has 1 heterocycles. The van der Waals surface area contributed by atoms with Crippen molar-refractivity contribution in [1.82, 2.24) is 10.0 Å². The molecule has 0 aliphatic carbocycles. The van der Waals surface area contributed by atoms with Gasteiger partial charge in [0, 0.05) is 6.04 Å². The molecule has 1 aliphatic heterocycles. The summed E-state index contributed by atoms with van der Waals surface area (Å²) in [6, 6.07) is 5.75. The van der Waals surface area contributed by atoms with Gasteiger partial charge in [0.2, 0.25) is 10.0 Å². The van der Waals surface area contributed by atoms with Crippen LogP contribution in [-0.4, -0.2) is 40.1 Å². The molecule has 0 spiro atoms. The Morgan fingerprint density at radius 2 is 1.90 bits per heavy atom. The van der Waals surface area contributed by atoms with Crippen LogP contribution in [0.5, 0.6) is 0 Å². The van der Waals surface area contributed by atoms with E-state index in [1.165, 1.54) is 24.3 Å². The van der Waals surface area contributed by atoms with Crippen molar-refractivity contribution in [2.45, 2.75) is 30.7 Å². The monoisotopic (exact) mass is 312 g/mol. The van der Waals surface area contributed by atoms with Gasteiger partial charge >= 0.3 is 5.97 Å². The van der Waals surface area contributed by atoms with Crippen molar-refractivity contribution >= 4 is 16.0 Å². The third-order valence-electron chi connectivity index (χ3n) is 3.34. The molecule has 21 heavy (non-hydrogen) atoms. The van der Waals surface area contributed by atoms with Gasteiger partial charge in [0.1, 0.15) is 0 Å². The summed E-state index contributed by atoms with van der Waals surface area (Å²) in [5.41, 5.74) is 0.345. The van der Waals surface area contributed by atoms with Crippen LogP contribution in [0.4, 0.5) is 0 Å². The first-order valence-corrected chi connectivity index (χ1v) is 8.51. The molecule has 116 valence electrons. The second-order valence-corrected chi connectivity index (χ2v) is 6.60. The molecule has 0 radical (unpaired) electrons. The van der Waals surface area contributed by atoms with Crippen LogP contribution in [0.25, 0.3) is 0 Å². The highest BCUT2D eigenvalue weighted by Crippen LogP contribution is 2.14. The predicted octanol–water partition coefficient (Wildman–Crippen LogP) is 0.894. The van der Waals surface area contributed by atoms with Crippen molar-refractivity contribution in [3.05, 3.63) is 29.8 Å². The zero-order valence-corrected chi connectivity index (χ0v) is 12.8. The molecular weight excluding hydrogens is 292 g/mol. The standard InChI is InChI=1S/C14H20N2O4S/c1-2-20-14(17)11-3-5-13(6-4-11)21(18,19)16-12-7-9-15-10-8-12/h3-6,12,15-16H,2,7-10H2,1H3. The smallest absolute Gasteiger partial charge is 0.338 e. The summed E-state index contributed by atoms with van der Waals surface area (Å²) in [7, 11) is -3.54. The van der Waals surface area contributed by atoms with Crippen LogP contribution < -0.4 is 10.0 Å². The van der Waals surface area contributed by atoms with Crippen molar-refractivity contribution in [3.8, 4) is 0 Å². The number of esters is 1. The molecule has 2 rings (SSSR count). The number of sulfonamides is 1. The first kappa shape index (κ1) is 15.9. The maximum absolute atomic E-state index is 12.3. The van der Waals surface area contributed by atoms with Crippen LogP contribution in [0.3, 0.4) is 0 Å². The average molecular weight is 312 g/mol. The fourth-order valence-corrected chi connectivity index (χ4v) is 3.52. The molecule has 0 saturated carbocycles. The molecule has 0 atom stereocenters. The van der Waals surface area contributed by atoms with Crippen molar-refractivity contribution < 1.29 is 17.9 Å². The molecule has 2 N–H and O–H groups in total. The molecule has 6 nitrogen and oxygen atoms in total. The Morgan fingerprint density at radius 3 is 2.48 bits per heavy atom. The van der Waals surface area contributed by atoms with E-state index in [0.29, 0.717) is 5.56 Å².